The van der Waals surface area contributed by atoms with E-state index >= 15 is 0 Å². The molecule has 8 heteroatoms. The van der Waals surface area contributed by atoms with E-state index in [0.29, 0.717) is 24.8 Å². The second kappa shape index (κ2) is 6.28. The van der Waals surface area contributed by atoms with Gasteiger partial charge in [-0.1, -0.05) is 13.8 Å². The molecule has 23 heavy (non-hydrogen) atoms. The van der Waals surface area contributed by atoms with E-state index in [4.69, 9.17) is 5.73 Å². The topological polar surface area (TPSA) is 113 Å². The Morgan fingerprint density at radius 2 is 2.13 bits per heavy atom. The quantitative estimate of drug-likeness (QED) is 0.520. The molecule has 1 saturated carbocycles. The van der Waals surface area contributed by atoms with Crippen LogP contribution >= 0.6 is 12.4 Å². The number of piperidine rings is 1. The maximum absolute atomic E-state index is 12.5. The Hall–Kier alpha value is -1.34. The highest BCUT2D eigenvalue weighted by Crippen LogP contribution is 2.62. The lowest BCUT2D eigenvalue weighted by Gasteiger charge is -2.23. The molecule has 0 spiro atoms. The first kappa shape index (κ1) is 18.0. The van der Waals surface area contributed by atoms with Crippen molar-refractivity contribution in [3.8, 4) is 0 Å². The molecule has 2 saturated heterocycles. The van der Waals surface area contributed by atoms with Crippen molar-refractivity contribution in [2.24, 2.45) is 28.9 Å². The third-order valence-electron chi connectivity index (χ3n) is 5.68. The van der Waals surface area contributed by atoms with Crippen LogP contribution in [0, 0.1) is 23.2 Å². The lowest BCUT2D eigenvalue weighted by molar-refractivity contribution is -0.130. The number of fused-ring (bicyclic) bond motifs is 1. The molecule has 3 rings (SSSR count). The van der Waals surface area contributed by atoms with Crippen molar-refractivity contribution in [1.29, 1.82) is 0 Å². The molecule has 1 aliphatic carbocycles. The smallest absolute Gasteiger partial charge is 0.240 e. The summed E-state index contributed by atoms with van der Waals surface area (Å²) < 4.78 is 0. The molecule has 5 atom stereocenters. The Labute approximate surface area is 141 Å². The van der Waals surface area contributed by atoms with Crippen molar-refractivity contribution >= 4 is 30.1 Å². The largest absolute Gasteiger partial charge is 0.368 e. The zero-order valence-corrected chi connectivity index (χ0v) is 14.2. The summed E-state index contributed by atoms with van der Waals surface area (Å²) in [6.45, 7) is 5.78. The van der Waals surface area contributed by atoms with Crippen LogP contribution in [0.3, 0.4) is 0 Å². The summed E-state index contributed by atoms with van der Waals surface area (Å²) in [4.78, 5) is 35.7. The minimum Gasteiger partial charge on any atom is -0.368 e. The Kier molecular flexibility index (Phi) is 4.92. The highest BCUT2D eigenvalue weighted by atomic mass is 35.5. The molecule has 3 amide bonds. The number of nitrogens with two attached hydrogens (primary N) is 1. The van der Waals surface area contributed by atoms with Crippen molar-refractivity contribution in [3.05, 3.63) is 0 Å². The fourth-order valence-corrected chi connectivity index (χ4v) is 4.14. The van der Waals surface area contributed by atoms with Gasteiger partial charge < -0.3 is 21.7 Å². The van der Waals surface area contributed by atoms with Crippen LogP contribution in [0.1, 0.15) is 26.7 Å². The van der Waals surface area contributed by atoms with Gasteiger partial charge in [-0.2, -0.15) is 0 Å². The van der Waals surface area contributed by atoms with E-state index in [1.165, 1.54) is 0 Å². The summed E-state index contributed by atoms with van der Waals surface area (Å²) in [7, 11) is 0. The van der Waals surface area contributed by atoms with E-state index in [1.807, 2.05) is 0 Å². The van der Waals surface area contributed by atoms with Gasteiger partial charge in [0, 0.05) is 12.5 Å². The van der Waals surface area contributed by atoms with Crippen molar-refractivity contribution in [3.63, 3.8) is 0 Å². The van der Waals surface area contributed by atoms with E-state index in [-0.39, 0.29) is 48.0 Å². The first-order valence-corrected chi connectivity index (χ1v) is 7.93. The van der Waals surface area contributed by atoms with Gasteiger partial charge in [0.1, 0.15) is 6.04 Å². The SMILES string of the molecule is CC1(C)[C@@H]2[C@@H](C(=O)N[C@@H](C[C@@H]3CCNC3=O)C(N)=O)NC[C@@H]21.Cl. The molecule has 2 aliphatic heterocycles. The van der Waals surface area contributed by atoms with Crippen LogP contribution in [-0.4, -0.2) is 42.9 Å². The van der Waals surface area contributed by atoms with Crippen LogP contribution < -0.4 is 21.7 Å². The number of amides is 3. The van der Waals surface area contributed by atoms with Gasteiger partial charge in [-0.3, -0.25) is 14.4 Å². The molecule has 3 fully saturated rings. The molecular formula is C15H25ClN4O3. The third-order valence-corrected chi connectivity index (χ3v) is 5.68. The predicted molar refractivity (Wildman–Crippen MR) is 86.7 cm³/mol. The van der Waals surface area contributed by atoms with E-state index in [0.717, 1.165) is 6.54 Å². The lowest BCUT2D eigenvalue weighted by atomic mass is 9.97. The zero-order chi connectivity index (χ0) is 16.1. The maximum atomic E-state index is 12.5. The minimum absolute atomic E-state index is 0. The number of halogens is 1. The van der Waals surface area contributed by atoms with Gasteiger partial charge in [-0.05, 0) is 36.6 Å². The van der Waals surface area contributed by atoms with Crippen molar-refractivity contribution in [1.82, 2.24) is 16.0 Å². The van der Waals surface area contributed by atoms with Gasteiger partial charge in [-0.15, -0.1) is 12.4 Å². The first-order valence-electron chi connectivity index (χ1n) is 7.93. The fourth-order valence-electron chi connectivity index (χ4n) is 4.14. The monoisotopic (exact) mass is 344 g/mol. The van der Waals surface area contributed by atoms with Crippen LogP contribution in [0.4, 0.5) is 0 Å². The van der Waals surface area contributed by atoms with Crippen molar-refractivity contribution in [2.45, 2.75) is 38.8 Å². The molecule has 3 aliphatic rings. The average molecular weight is 345 g/mol. The highest BCUT2D eigenvalue weighted by molar-refractivity contribution is 5.90. The van der Waals surface area contributed by atoms with E-state index < -0.39 is 11.9 Å². The average Bonchev–Trinajstić information content (AvgIpc) is 2.85. The molecule has 0 radical (unpaired) electrons. The van der Waals surface area contributed by atoms with Gasteiger partial charge in [0.15, 0.2) is 0 Å². The summed E-state index contributed by atoms with van der Waals surface area (Å²) in [6, 6.07) is -1.05. The van der Waals surface area contributed by atoms with Crippen LogP contribution in [0.2, 0.25) is 0 Å². The lowest BCUT2D eigenvalue weighted by Crippen LogP contribution is -2.52. The number of carbonyl (C=O) groups is 3. The second-order valence-corrected chi connectivity index (χ2v) is 7.32. The molecule has 130 valence electrons. The van der Waals surface area contributed by atoms with Gasteiger partial charge in [0.25, 0.3) is 0 Å². The molecule has 0 unspecified atom stereocenters. The highest BCUT2D eigenvalue weighted by Gasteiger charge is 2.65. The fraction of sp³-hybridized carbons (Fsp3) is 0.800. The molecule has 7 nitrogen and oxygen atoms in total. The van der Waals surface area contributed by atoms with Crippen LogP contribution in [0.15, 0.2) is 0 Å². The normalized spacial score (nSPS) is 34.8. The second-order valence-electron chi connectivity index (χ2n) is 7.32. The summed E-state index contributed by atoms with van der Waals surface area (Å²) in [5.41, 5.74) is 5.58. The molecule has 0 aromatic heterocycles. The van der Waals surface area contributed by atoms with E-state index in [9.17, 15) is 14.4 Å². The molecular weight excluding hydrogens is 320 g/mol. The van der Waals surface area contributed by atoms with Gasteiger partial charge in [-0.25, -0.2) is 0 Å². The molecule has 0 aromatic carbocycles. The maximum Gasteiger partial charge on any atom is 0.240 e. The molecule has 0 bridgehead atoms. The molecule has 0 aromatic rings. The summed E-state index contributed by atoms with van der Waals surface area (Å²) in [5.74, 6) is -0.244. The number of carbonyl (C=O) groups excluding carboxylic acids is 3. The number of rotatable bonds is 5. The Bertz CT molecular complexity index is 525. The van der Waals surface area contributed by atoms with Crippen molar-refractivity contribution < 1.29 is 14.4 Å². The van der Waals surface area contributed by atoms with Crippen LogP contribution in [0.25, 0.3) is 0 Å². The number of nitrogens with one attached hydrogen (secondary N) is 3. The summed E-state index contributed by atoms with van der Waals surface area (Å²) >= 11 is 0. The summed E-state index contributed by atoms with van der Waals surface area (Å²) in [6.07, 6.45) is 0.953. The van der Waals surface area contributed by atoms with Crippen LogP contribution in [0.5, 0.6) is 0 Å². The zero-order valence-electron chi connectivity index (χ0n) is 13.4. The van der Waals surface area contributed by atoms with Gasteiger partial charge in [0.05, 0.1) is 6.04 Å². The Balaban J connectivity index is 0.00000192. The predicted octanol–water partition coefficient (Wildman–Crippen LogP) is -0.851. The van der Waals surface area contributed by atoms with Crippen LogP contribution in [-0.2, 0) is 14.4 Å². The van der Waals surface area contributed by atoms with Gasteiger partial charge in [0.2, 0.25) is 17.7 Å². The van der Waals surface area contributed by atoms with Crippen molar-refractivity contribution in [2.75, 3.05) is 13.1 Å². The standard InChI is InChI=1S/C15H24N4O3.ClH/c1-15(2)8-6-18-11(10(8)15)14(22)19-9(12(16)20)5-7-3-4-17-13(7)21;/h7-11,18H,3-6H2,1-2H3,(H2,16,20)(H,17,21)(H,19,22);1H/t7-,8-,9-,10-,11-;/m0./s1. The molecule has 5 N–H and O–H groups in total. The number of primary amides is 1. The third kappa shape index (κ3) is 3.17. The summed E-state index contributed by atoms with van der Waals surface area (Å²) in [5, 5.41) is 8.69. The first-order chi connectivity index (χ1) is 10.3. The van der Waals surface area contributed by atoms with Gasteiger partial charge >= 0.3 is 0 Å². The Morgan fingerprint density at radius 1 is 1.43 bits per heavy atom. The number of hydrogen-bond acceptors (Lipinski definition) is 4. The Morgan fingerprint density at radius 3 is 2.61 bits per heavy atom. The van der Waals surface area contributed by atoms with E-state index in [1.54, 1.807) is 0 Å². The van der Waals surface area contributed by atoms with E-state index in [2.05, 4.69) is 29.8 Å². The molecule has 2 heterocycles. The minimum atomic E-state index is -0.788. The number of hydrogen-bond donors (Lipinski definition) is 4.